The van der Waals surface area contributed by atoms with Gasteiger partial charge in [-0.2, -0.15) is 0 Å². The smallest absolute Gasteiger partial charge is 0.151 e. The van der Waals surface area contributed by atoms with E-state index in [2.05, 4.69) is 23.7 Å². The van der Waals surface area contributed by atoms with Crippen LogP contribution >= 0.6 is 0 Å². The van der Waals surface area contributed by atoms with Crippen molar-refractivity contribution in [2.24, 2.45) is 0 Å². The molecule has 2 N–H and O–H groups in total. The summed E-state index contributed by atoms with van der Waals surface area (Å²) in [6.07, 6.45) is 1.77. The van der Waals surface area contributed by atoms with Gasteiger partial charge in [0.1, 0.15) is 0 Å². The predicted molar refractivity (Wildman–Crippen MR) is 60.9 cm³/mol. The van der Waals surface area contributed by atoms with E-state index in [1.165, 1.54) is 0 Å². The molecule has 0 saturated carbocycles. The molecule has 1 saturated heterocycles. The summed E-state index contributed by atoms with van der Waals surface area (Å²) in [7, 11) is 0. The summed E-state index contributed by atoms with van der Waals surface area (Å²) in [5.41, 5.74) is 6.50. The highest BCUT2D eigenvalue weighted by Crippen LogP contribution is 2.25. The molecule has 0 unspecified atom stereocenters. The molecule has 0 bridgehead atoms. The molecule has 1 fully saturated rings. The number of nitrogens with two attached hydrogens (primary N) is 1. The van der Waals surface area contributed by atoms with Crippen molar-refractivity contribution in [1.82, 2.24) is 4.98 Å². The molecule has 4 heteroatoms. The van der Waals surface area contributed by atoms with Crippen LogP contribution in [-0.2, 0) is 4.74 Å². The van der Waals surface area contributed by atoms with Crippen LogP contribution in [0.3, 0.4) is 0 Å². The van der Waals surface area contributed by atoms with Crippen molar-refractivity contribution in [3.63, 3.8) is 0 Å². The first kappa shape index (κ1) is 10.2. The monoisotopic (exact) mass is 207 g/mol. The predicted octanol–water partition coefficient (Wildman–Crippen LogP) is 1.28. The van der Waals surface area contributed by atoms with Gasteiger partial charge in [-0.25, -0.2) is 4.98 Å². The molecular formula is C11H17N3O. The second kappa shape index (κ2) is 3.70. The van der Waals surface area contributed by atoms with E-state index in [1.807, 2.05) is 12.1 Å². The number of anilines is 2. The van der Waals surface area contributed by atoms with Gasteiger partial charge in [-0.15, -0.1) is 0 Å². The molecule has 1 aliphatic heterocycles. The lowest BCUT2D eigenvalue weighted by Crippen LogP contribution is -2.48. The Bertz CT molecular complexity index is 351. The van der Waals surface area contributed by atoms with E-state index >= 15 is 0 Å². The molecule has 1 aliphatic rings. The van der Waals surface area contributed by atoms with Crippen LogP contribution in [0.15, 0.2) is 18.3 Å². The Morgan fingerprint density at radius 3 is 3.00 bits per heavy atom. The summed E-state index contributed by atoms with van der Waals surface area (Å²) >= 11 is 0. The lowest BCUT2D eigenvalue weighted by atomic mass is 10.1. The lowest BCUT2D eigenvalue weighted by molar-refractivity contribution is -0.0278. The van der Waals surface area contributed by atoms with Crippen LogP contribution in [0.4, 0.5) is 11.5 Å². The Labute approximate surface area is 90.0 Å². The SMILES string of the molecule is CC1(C)CN(c2ncccc2N)CCO1. The van der Waals surface area contributed by atoms with Gasteiger partial charge in [-0.3, -0.25) is 0 Å². The van der Waals surface area contributed by atoms with Crippen LogP contribution in [0, 0.1) is 0 Å². The number of hydrogen-bond acceptors (Lipinski definition) is 4. The molecule has 4 nitrogen and oxygen atoms in total. The van der Waals surface area contributed by atoms with E-state index < -0.39 is 0 Å². The second-order valence-electron chi connectivity index (χ2n) is 4.45. The maximum absolute atomic E-state index is 5.89. The zero-order valence-corrected chi connectivity index (χ0v) is 9.23. The van der Waals surface area contributed by atoms with E-state index in [9.17, 15) is 0 Å². The molecule has 0 radical (unpaired) electrons. The first-order chi connectivity index (χ1) is 7.08. The third-order valence-electron chi connectivity index (χ3n) is 2.54. The van der Waals surface area contributed by atoms with Gasteiger partial charge < -0.3 is 15.4 Å². The molecular weight excluding hydrogens is 190 g/mol. The fraction of sp³-hybridized carbons (Fsp3) is 0.545. The number of nitrogens with zero attached hydrogens (tertiary/aromatic N) is 2. The van der Waals surface area contributed by atoms with E-state index in [4.69, 9.17) is 10.5 Å². The van der Waals surface area contributed by atoms with Gasteiger partial charge >= 0.3 is 0 Å². The van der Waals surface area contributed by atoms with Crippen LogP contribution in [-0.4, -0.2) is 30.3 Å². The minimum absolute atomic E-state index is 0.123. The van der Waals surface area contributed by atoms with Crippen molar-refractivity contribution >= 4 is 11.5 Å². The van der Waals surface area contributed by atoms with E-state index in [0.717, 1.165) is 31.2 Å². The van der Waals surface area contributed by atoms with Gasteiger partial charge in [0, 0.05) is 19.3 Å². The third kappa shape index (κ3) is 2.21. The highest BCUT2D eigenvalue weighted by molar-refractivity contribution is 5.62. The van der Waals surface area contributed by atoms with Crippen LogP contribution in [0.1, 0.15) is 13.8 Å². The van der Waals surface area contributed by atoms with Gasteiger partial charge in [0.25, 0.3) is 0 Å². The fourth-order valence-electron chi connectivity index (χ4n) is 1.87. The van der Waals surface area contributed by atoms with E-state index in [1.54, 1.807) is 6.20 Å². The molecule has 1 aromatic rings. The van der Waals surface area contributed by atoms with Crippen molar-refractivity contribution in [2.75, 3.05) is 30.3 Å². The van der Waals surface area contributed by atoms with Crippen LogP contribution in [0.2, 0.25) is 0 Å². The molecule has 0 atom stereocenters. The first-order valence-corrected chi connectivity index (χ1v) is 5.18. The number of nitrogen functional groups attached to an aromatic ring is 1. The summed E-state index contributed by atoms with van der Waals surface area (Å²) in [5, 5.41) is 0. The number of aromatic nitrogens is 1. The number of rotatable bonds is 1. The van der Waals surface area contributed by atoms with Crippen LogP contribution in [0.5, 0.6) is 0 Å². The van der Waals surface area contributed by atoms with E-state index in [0.29, 0.717) is 0 Å². The zero-order valence-electron chi connectivity index (χ0n) is 9.23. The van der Waals surface area contributed by atoms with Crippen molar-refractivity contribution in [2.45, 2.75) is 19.4 Å². The van der Waals surface area contributed by atoms with Crippen LogP contribution in [0.25, 0.3) is 0 Å². The maximum atomic E-state index is 5.89. The summed E-state index contributed by atoms with van der Waals surface area (Å²) < 4.78 is 5.65. The van der Waals surface area contributed by atoms with Crippen molar-refractivity contribution < 1.29 is 4.74 Å². The number of ether oxygens (including phenoxy) is 1. The third-order valence-corrected chi connectivity index (χ3v) is 2.54. The largest absolute Gasteiger partial charge is 0.396 e. The van der Waals surface area contributed by atoms with Gasteiger partial charge in [-0.1, -0.05) is 0 Å². The summed E-state index contributed by atoms with van der Waals surface area (Å²) in [4.78, 5) is 6.49. The summed E-state index contributed by atoms with van der Waals surface area (Å²) in [5.74, 6) is 0.869. The molecule has 0 amide bonds. The molecule has 2 rings (SSSR count). The molecule has 15 heavy (non-hydrogen) atoms. The molecule has 0 aliphatic carbocycles. The summed E-state index contributed by atoms with van der Waals surface area (Å²) in [6, 6.07) is 3.73. The average Bonchev–Trinajstić information content (AvgIpc) is 2.17. The Balaban J connectivity index is 2.21. The standard InChI is InChI=1S/C11H17N3O/c1-11(2)8-14(6-7-15-11)10-9(12)4-3-5-13-10/h3-5H,6-8,12H2,1-2H3. The van der Waals surface area contributed by atoms with Crippen molar-refractivity contribution in [1.29, 1.82) is 0 Å². The quantitative estimate of drug-likeness (QED) is 0.753. The average molecular weight is 207 g/mol. The number of morpholine rings is 1. The zero-order chi connectivity index (χ0) is 10.9. The molecule has 1 aromatic heterocycles. The topological polar surface area (TPSA) is 51.4 Å². The Morgan fingerprint density at radius 2 is 2.33 bits per heavy atom. The Morgan fingerprint density at radius 1 is 1.53 bits per heavy atom. The second-order valence-corrected chi connectivity index (χ2v) is 4.45. The number of hydrogen-bond donors (Lipinski definition) is 1. The minimum atomic E-state index is -0.123. The molecule has 2 heterocycles. The fourth-order valence-corrected chi connectivity index (χ4v) is 1.87. The Kier molecular flexibility index (Phi) is 2.52. The highest BCUT2D eigenvalue weighted by Gasteiger charge is 2.28. The maximum Gasteiger partial charge on any atom is 0.151 e. The highest BCUT2D eigenvalue weighted by atomic mass is 16.5. The Hall–Kier alpha value is -1.29. The normalized spacial score (nSPS) is 20.3. The van der Waals surface area contributed by atoms with Gasteiger partial charge in [-0.05, 0) is 26.0 Å². The number of pyridine rings is 1. The van der Waals surface area contributed by atoms with Gasteiger partial charge in [0.05, 0.1) is 17.9 Å². The lowest BCUT2D eigenvalue weighted by Gasteiger charge is -2.39. The van der Waals surface area contributed by atoms with Crippen molar-refractivity contribution in [3.8, 4) is 0 Å². The van der Waals surface area contributed by atoms with Gasteiger partial charge in [0.15, 0.2) is 5.82 Å². The summed E-state index contributed by atoms with van der Waals surface area (Å²) in [6.45, 7) is 6.57. The molecule has 0 aromatic carbocycles. The first-order valence-electron chi connectivity index (χ1n) is 5.18. The van der Waals surface area contributed by atoms with Gasteiger partial charge in [0.2, 0.25) is 0 Å². The minimum Gasteiger partial charge on any atom is -0.396 e. The van der Waals surface area contributed by atoms with Crippen LogP contribution < -0.4 is 10.6 Å². The molecule has 0 spiro atoms. The van der Waals surface area contributed by atoms with Crippen molar-refractivity contribution in [3.05, 3.63) is 18.3 Å². The molecule has 82 valence electrons. The van der Waals surface area contributed by atoms with E-state index in [-0.39, 0.29) is 5.60 Å².